The van der Waals surface area contributed by atoms with Gasteiger partial charge in [0.05, 0.1) is 11.5 Å². The van der Waals surface area contributed by atoms with Crippen LogP contribution in [0.2, 0.25) is 5.02 Å². The molecule has 0 saturated heterocycles. The predicted octanol–water partition coefficient (Wildman–Crippen LogP) is 4.12. The van der Waals surface area contributed by atoms with Crippen LogP contribution in [0, 0.1) is 16.7 Å². The van der Waals surface area contributed by atoms with Gasteiger partial charge in [0, 0.05) is 34.7 Å². The number of nitriles is 1. The van der Waals surface area contributed by atoms with Crippen molar-refractivity contribution in [3.63, 3.8) is 0 Å². The largest absolute Gasteiger partial charge is 0.347 e. The number of halogens is 1. The van der Waals surface area contributed by atoms with E-state index in [4.69, 9.17) is 22.6 Å². The van der Waals surface area contributed by atoms with E-state index in [0.29, 0.717) is 0 Å². The number of hydrogen-bond donors (Lipinski definition) is 1. The molecule has 0 bridgehead atoms. The highest BCUT2D eigenvalue weighted by Gasteiger charge is 2.18. The molecule has 0 radical (unpaired) electrons. The van der Waals surface area contributed by atoms with E-state index >= 15 is 0 Å². The number of aryl methyl sites for hydroxylation is 1. The Balaban J connectivity index is 2.38. The molecule has 0 amide bonds. The van der Waals surface area contributed by atoms with Crippen LogP contribution in [0.1, 0.15) is 32.8 Å². The highest BCUT2D eigenvalue weighted by atomic mass is 35.5. The van der Waals surface area contributed by atoms with E-state index in [-0.39, 0.29) is 11.5 Å². The summed E-state index contributed by atoms with van der Waals surface area (Å²) in [5.74, 6) is 0. The summed E-state index contributed by atoms with van der Waals surface area (Å²) in [5.41, 5.74) is 7.98. The van der Waals surface area contributed by atoms with Crippen LogP contribution in [0.3, 0.4) is 0 Å². The average molecular weight is 304 g/mol. The molecule has 2 N–H and O–H groups in total. The molecule has 0 aliphatic carbocycles. The van der Waals surface area contributed by atoms with Crippen molar-refractivity contribution in [2.24, 2.45) is 11.1 Å². The van der Waals surface area contributed by atoms with E-state index in [9.17, 15) is 0 Å². The van der Waals surface area contributed by atoms with Crippen LogP contribution in [0.5, 0.6) is 0 Å². The Kier molecular flexibility index (Phi) is 4.61. The topological polar surface area (TPSA) is 54.7 Å². The van der Waals surface area contributed by atoms with Crippen LogP contribution >= 0.6 is 11.6 Å². The van der Waals surface area contributed by atoms with Crippen molar-refractivity contribution in [1.82, 2.24) is 4.57 Å². The summed E-state index contributed by atoms with van der Waals surface area (Å²) >= 11 is 6.13. The van der Waals surface area contributed by atoms with Gasteiger partial charge in [0.1, 0.15) is 0 Å². The first-order valence-corrected chi connectivity index (χ1v) is 7.64. The zero-order chi connectivity index (χ0) is 15.6. The minimum Gasteiger partial charge on any atom is -0.347 e. The van der Waals surface area contributed by atoms with Crippen LogP contribution in [-0.4, -0.2) is 10.6 Å². The zero-order valence-corrected chi connectivity index (χ0v) is 13.6. The molecule has 2 aromatic rings. The third-order valence-electron chi connectivity index (χ3n) is 3.75. The second kappa shape index (κ2) is 6.09. The van der Waals surface area contributed by atoms with Crippen molar-refractivity contribution < 1.29 is 0 Å². The number of nitrogens with zero attached hydrogens (tertiary/aromatic N) is 2. The first-order valence-electron chi connectivity index (χ1n) is 7.26. The molecule has 0 fully saturated rings. The third-order valence-corrected chi connectivity index (χ3v) is 3.98. The Morgan fingerprint density at radius 1 is 1.43 bits per heavy atom. The van der Waals surface area contributed by atoms with Gasteiger partial charge in [0.2, 0.25) is 0 Å². The number of fused-ring (bicyclic) bond motifs is 1. The minimum absolute atomic E-state index is 0.121. The van der Waals surface area contributed by atoms with Crippen molar-refractivity contribution in [3.8, 4) is 6.07 Å². The summed E-state index contributed by atoms with van der Waals surface area (Å²) < 4.78 is 2.19. The van der Waals surface area contributed by atoms with Gasteiger partial charge in [-0.1, -0.05) is 17.7 Å². The SMILES string of the molecule is CC(N)Cc1cn(CCC(C)(C)C#N)c2cc(Cl)ccc12. The zero-order valence-electron chi connectivity index (χ0n) is 12.9. The fourth-order valence-electron chi connectivity index (χ4n) is 2.49. The van der Waals surface area contributed by atoms with Crippen LogP contribution in [0.4, 0.5) is 0 Å². The quantitative estimate of drug-likeness (QED) is 0.903. The van der Waals surface area contributed by atoms with E-state index in [0.717, 1.165) is 29.9 Å². The lowest BCUT2D eigenvalue weighted by Crippen LogP contribution is -2.17. The number of aromatic nitrogens is 1. The highest BCUT2D eigenvalue weighted by molar-refractivity contribution is 6.31. The van der Waals surface area contributed by atoms with Gasteiger partial charge < -0.3 is 10.3 Å². The lowest BCUT2D eigenvalue weighted by molar-refractivity contribution is 0.417. The number of rotatable bonds is 5. The van der Waals surface area contributed by atoms with E-state index in [1.165, 1.54) is 10.9 Å². The summed E-state index contributed by atoms with van der Waals surface area (Å²) in [6, 6.07) is 8.43. The van der Waals surface area contributed by atoms with E-state index in [1.807, 2.05) is 32.9 Å². The maximum atomic E-state index is 9.16. The summed E-state index contributed by atoms with van der Waals surface area (Å²) in [7, 11) is 0. The molecule has 1 aromatic carbocycles. The average Bonchev–Trinajstić information content (AvgIpc) is 2.73. The second-order valence-corrected chi connectivity index (χ2v) is 6.87. The molecule has 0 spiro atoms. The lowest BCUT2D eigenvalue weighted by atomic mass is 9.91. The van der Waals surface area contributed by atoms with Crippen LogP contribution < -0.4 is 5.73 Å². The molecule has 1 heterocycles. The molecule has 0 aliphatic heterocycles. The molecule has 1 atom stereocenters. The van der Waals surface area contributed by atoms with Gasteiger partial charge >= 0.3 is 0 Å². The van der Waals surface area contributed by atoms with E-state index in [1.54, 1.807) is 0 Å². The van der Waals surface area contributed by atoms with E-state index in [2.05, 4.69) is 22.9 Å². The van der Waals surface area contributed by atoms with Gasteiger partial charge in [-0.25, -0.2) is 0 Å². The molecular formula is C17H22ClN3. The van der Waals surface area contributed by atoms with Gasteiger partial charge in [0.25, 0.3) is 0 Å². The Hall–Kier alpha value is -1.50. The summed E-state index contributed by atoms with van der Waals surface area (Å²) in [6.07, 6.45) is 3.79. The Bertz CT molecular complexity index is 677. The Morgan fingerprint density at radius 3 is 2.76 bits per heavy atom. The Morgan fingerprint density at radius 2 is 2.14 bits per heavy atom. The molecular weight excluding hydrogens is 282 g/mol. The summed E-state index contributed by atoms with van der Waals surface area (Å²) in [4.78, 5) is 0. The van der Waals surface area contributed by atoms with Crippen molar-refractivity contribution in [1.29, 1.82) is 5.26 Å². The van der Waals surface area contributed by atoms with Gasteiger partial charge in [-0.15, -0.1) is 0 Å². The second-order valence-electron chi connectivity index (χ2n) is 6.44. The van der Waals surface area contributed by atoms with Crippen molar-refractivity contribution in [2.45, 2.75) is 46.2 Å². The first-order chi connectivity index (χ1) is 9.82. The fraction of sp³-hybridized carbons (Fsp3) is 0.471. The van der Waals surface area contributed by atoms with Gasteiger partial charge in [-0.05, 0) is 51.3 Å². The summed E-state index contributed by atoms with van der Waals surface area (Å²) in [5, 5.41) is 11.1. The molecule has 21 heavy (non-hydrogen) atoms. The van der Waals surface area contributed by atoms with Gasteiger partial charge in [0.15, 0.2) is 0 Å². The first kappa shape index (κ1) is 15.9. The Labute approximate surface area is 131 Å². The smallest absolute Gasteiger partial charge is 0.0684 e. The molecule has 0 aliphatic rings. The molecule has 2 rings (SSSR count). The molecule has 1 aromatic heterocycles. The van der Waals surface area contributed by atoms with Crippen LogP contribution in [0.25, 0.3) is 10.9 Å². The van der Waals surface area contributed by atoms with Crippen molar-refractivity contribution in [2.75, 3.05) is 0 Å². The molecule has 0 saturated carbocycles. The molecule has 3 nitrogen and oxygen atoms in total. The monoisotopic (exact) mass is 303 g/mol. The van der Waals surface area contributed by atoms with Crippen LogP contribution in [0.15, 0.2) is 24.4 Å². The highest BCUT2D eigenvalue weighted by Crippen LogP contribution is 2.28. The van der Waals surface area contributed by atoms with Crippen molar-refractivity contribution >= 4 is 22.5 Å². The van der Waals surface area contributed by atoms with Crippen molar-refractivity contribution in [3.05, 3.63) is 35.0 Å². The molecule has 4 heteroatoms. The predicted molar refractivity (Wildman–Crippen MR) is 88.3 cm³/mol. The normalized spacial score (nSPS) is 13.3. The molecule has 112 valence electrons. The maximum Gasteiger partial charge on any atom is 0.0684 e. The number of nitrogens with two attached hydrogens (primary N) is 1. The number of benzene rings is 1. The fourth-order valence-corrected chi connectivity index (χ4v) is 2.66. The van der Waals surface area contributed by atoms with E-state index < -0.39 is 0 Å². The standard InChI is InChI=1S/C17H22ClN3/c1-12(20)8-13-10-21(7-6-17(2,3)11-19)16-9-14(18)4-5-15(13)16/h4-5,9-10,12H,6-8,20H2,1-3H3. The molecule has 1 unspecified atom stereocenters. The van der Waals surface area contributed by atoms with Gasteiger partial charge in [-0.3, -0.25) is 0 Å². The maximum absolute atomic E-state index is 9.16. The lowest BCUT2D eigenvalue weighted by Gasteiger charge is -2.15. The number of hydrogen-bond acceptors (Lipinski definition) is 2. The van der Waals surface area contributed by atoms with Gasteiger partial charge in [-0.2, -0.15) is 5.26 Å². The summed E-state index contributed by atoms with van der Waals surface area (Å²) in [6.45, 7) is 6.75. The van der Waals surface area contributed by atoms with Crippen LogP contribution in [-0.2, 0) is 13.0 Å². The third kappa shape index (κ3) is 3.78. The minimum atomic E-state index is -0.323.